The molecule has 4 unspecified atom stereocenters. The molecular weight excluding hydrogens is 318 g/mol. The van der Waals surface area contributed by atoms with Gasteiger partial charge in [0.25, 0.3) is 0 Å². The third-order valence-corrected chi connectivity index (χ3v) is 5.50. The number of hydrogen-bond acceptors (Lipinski definition) is 2. The molecule has 0 radical (unpaired) electrons. The van der Waals surface area contributed by atoms with E-state index in [2.05, 4.69) is 65.0 Å². The topological polar surface area (TPSA) is 32.6 Å². The summed E-state index contributed by atoms with van der Waals surface area (Å²) in [6.45, 7) is 11.3. The van der Waals surface area contributed by atoms with Gasteiger partial charge in [0.1, 0.15) is 0 Å². The first-order valence-corrected chi connectivity index (χ1v) is 10.6. The number of nitrogens with zero attached hydrogens (tertiary/aromatic N) is 1. The Morgan fingerprint density at radius 1 is 1.15 bits per heavy atom. The predicted molar refractivity (Wildman–Crippen MR) is 113 cm³/mol. The van der Waals surface area contributed by atoms with Gasteiger partial charge in [0.05, 0.1) is 12.1 Å². The summed E-state index contributed by atoms with van der Waals surface area (Å²) in [6, 6.07) is 10.8. The maximum absolute atomic E-state index is 10.9. The molecule has 26 heavy (non-hydrogen) atoms. The van der Waals surface area contributed by atoms with Crippen LogP contribution in [0.5, 0.6) is 0 Å². The van der Waals surface area contributed by atoms with Crippen molar-refractivity contribution in [1.29, 1.82) is 0 Å². The van der Waals surface area contributed by atoms with Gasteiger partial charge < -0.3 is 5.11 Å². The summed E-state index contributed by atoms with van der Waals surface area (Å²) in [4.78, 5) is 5.03. The summed E-state index contributed by atoms with van der Waals surface area (Å²) in [5.74, 6) is 0.921. The molecule has 2 rings (SSSR count). The molecule has 0 bridgehead atoms. The Bertz CT molecular complexity index is 557. The van der Waals surface area contributed by atoms with Gasteiger partial charge in [-0.3, -0.25) is 4.99 Å². The lowest BCUT2D eigenvalue weighted by Crippen LogP contribution is -2.26. The summed E-state index contributed by atoms with van der Waals surface area (Å²) in [5, 5.41) is 10.9. The normalized spacial score (nSPS) is 22.9. The van der Waals surface area contributed by atoms with Crippen LogP contribution in [0.25, 0.3) is 0 Å². The molecular formula is C24H39NO. The Hall–Kier alpha value is -1.15. The van der Waals surface area contributed by atoms with E-state index < -0.39 is 0 Å². The Morgan fingerprint density at radius 2 is 1.85 bits per heavy atom. The van der Waals surface area contributed by atoms with Crippen molar-refractivity contribution in [3.8, 4) is 0 Å². The van der Waals surface area contributed by atoms with Crippen molar-refractivity contribution in [2.75, 3.05) is 0 Å². The maximum atomic E-state index is 10.9. The lowest BCUT2D eigenvalue weighted by molar-refractivity contribution is 0.108. The van der Waals surface area contributed by atoms with Crippen LogP contribution >= 0.6 is 0 Å². The number of aliphatic hydroxyl groups excluding tert-OH is 1. The van der Waals surface area contributed by atoms with Gasteiger partial charge >= 0.3 is 0 Å². The fraction of sp³-hybridized carbons (Fsp3) is 0.708. The van der Waals surface area contributed by atoms with E-state index in [1.54, 1.807) is 0 Å². The van der Waals surface area contributed by atoms with E-state index in [1.807, 2.05) is 0 Å². The monoisotopic (exact) mass is 357 g/mol. The number of rotatable bonds is 9. The lowest BCUT2D eigenvalue weighted by Gasteiger charge is -2.26. The molecule has 0 fully saturated rings. The van der Waals surface area contributed by atoms with Crippen molar-refractivity contribution >= 4 is 5.71 Å². The van der Waals surface area contributed by atoms with Crippen LogP contribution in [0.2, 0.25) is 0 Å². The maximum Gasteiger partial charge on any atom is 0.0767 e. The average molecular weight is 358 g/mol. The molecule has 1 aromatic rings. The van der Waals surface area contributed by atoms with E-state index in [0.717, 1.165) is 25.7 Å². The molecule has 0 saturated carbocycles. The second kappa shape index (κ2) is 9.69. The zero-order chi connectivity index (χ0) is 19.2. The van der Waals surface area contributed by atoms with Crippen LogP contribution in [0.4, 0.5) is 0 Å². The molecule has 1 heterocycles. The van der Waals surface area contributed by atoms with Crippen LogP contribution in [0.15, 0.2) is 35.3 Å². The highest BCUT2D eigenvalue weighted by molar-refractivity contribution is 5.92. The van der Waals surface area contributed by atoms with Gasteiger partial charge in [-0.1, -0.05) is 77.8 Å². The zero-order valence-electron chi connectivity index (χ0n) is 17.5. The van der Waals surface area contributed by atoms with Gasteiger partial charge in [0.15, 0.2) is 0 Å². The first kappa shape index (κ1) is 21.2. The Labute approximate surface area is 161 Å². The quantitative estimate of drug-likeness (QED) is 0.510. The molecule has 1 aliphatic heterocycles. The van der Waals surface area contributed by atoms with Crippen molar-refractivity contribution in [2.45, 2.75) is 97.6 Å². The first-order chi connectivity index (χ1) is 12.3. The van der Waals surface area contributed by atoms with Crippen molar-refractivity contribution in [1.82, 2.24) is 0 Å². The van der Waals surface area contributed by atoms with E-state index in [1.165, 1.54) is 30.5 Å². The molecule has 1 aromatic carbocycles. The van der Waals surface area contributed by atoms with Gasteiger partial charge in [-0.05, 0) is 49.0 Å². The Morgan fingerprint density at radius 3 is 2.46 bits per heavy atom. The van der Waals surface area contributed by atoms with Crippen molar-refractivity contribution in [2.24, 2.45) is 16.3 Å². The van der Waals surface area contributed by atoms with Gasteiger partial charge in [-0.2, -0.15) is 0 Å². The van der Waals surface area contributed by atoms with Crippen molar-refractivity contribution in [3.05, 3.63) is 35.9 Å². The smallest absolute Gasteiger partial charge is 0.0767 e. The lowest BCUT2D eigenvalue weighted by atomic mass is 9.81. The minimum Gasteiger partial charge on any atom is -0.391 e. The molecule has 1 aliphatic rings. The van der Waals surface area contributed by atoms with Crippen molar-refractivity contribution in [3.63, 3.8) is 0 Å². The molecule has 0 aromatic heterocycles. The molecule has 0 aliphatic carbocycles. The van der Waals surface area contributed by atoms with Crippen LogP contribution in [-0.2, 0) is 0 Å². The van der Waals surface area contributed by atoms with E-state index in [-0.39, 0.29) is 12.1 Å². The first-order valence-electron chi connectivity index (χ1n) is 10.6. The standard InChI is InChI=1S/C24H39NO/c1-6-7-9-14-21-20(19-12-10-8-11-13-19)16-22(25-21)23(26)15-18(2)17-24(3,4)5/h8,10-13,18,20,22-23,26H,6-7,9,14-17H2,1-5H3. The minimum atomic E-state index is -0.317. The van der Waals surface area contributed by atoms with E-state index >= 15 is 0 Å². The highest BCUT2D eigenvalue weighted by atomic mass is 16.3. The largest absolute Gasteiger partial charge is 0.391 e. The van der Waals surface area contributed by atoms with Crippen LogP contribution in [0.1, 0.15) is 91.0 Å². The minimum absolute atomic E-state index is 0.0688. The van der Waals surface area contributed by atoms with Gasteiger partial charge in [-0.25, -0.2) is 0 Å². The summed E-state index contributed by atoms with van der Waals surface area (Å²) < 4.78 is 0. The third-order valence-electron chi connectivity index (χ3n) is 5.50. The SMILES string of the molecule is CCCCCC1=NC(C(O)CC(C)CC(C)(C)C)CC1c1ccccc1. The van der Waals surface area contributed by atoms with Gasteiger partial charge in [-0.15, -0.1) is 0 Å². The van der Waals surface area contributed by atoms with Crippen molar-refractivity contribution < 1.29 is 5.11 Å². The molecule has 146 valence electrons. The highest BCUT2D eigenvalue weighted by Gasteiger charge is 2.33. The highest BCUT2D eigenvalue weighted by Crippen LogP contribution is 2.36. The molecule has 2 nitrogen and oxygen atoms in total. The van der Waals surface area contributed by atoms with Crippen LogP contribution in [-0.4, -0.2) is 23.0 Å². The Kier molecular flexibility index (Phi) is 7.88. The summed E-state index contributed by atoms with van der Waals surface area (Å²) >= 11 is 0. The molecule has 2 heteroatoms. The number of unbranched alkanes of at least 4 members (excludes halogenated alkanes) is 2. The molecule has 0 spiro atoms. The number of benzene rings is 1. The third kappa shape index (κ3) is 6.54. The van der Waals surface area contributed by atoms with E-state index in [9.17, 15) is 5.11 Å². The summed E-state index contributed by atoms with van der Waals surface area (Å²) in [6.07, 6.45) is 7.43. The number of aliphatic imine (C=N–C) groups is 1. The zero-order valence-corrected chi connectivity index (χ0v) is 17.5. The predicted octanol–water partition coefficient (Wildman–Crippen LogP) is 6.39. The molecule has 1 N–H and O–H groups in total. The molecule has 0 amide bonds. The van der Waals surface area contributed by atoms with E-state index in [4.69, 9.17) is 4.99 Å². The second-order valence-electron chi connectivity index (χ2n) is 9.52. The van der Waals surface area contributed by atoms with Gasteiger partial charge in [0.2, 0.25) is 0 Å². The molecule has 0 saturated heterocycles. The number of aliphatic hydroxyl groups is 1. The van der Waals surface area contributed by atoms with Gasteiger partial charge in [0, 0.05) is 11.6 Å². The van der Waals surface area contributed by atoms with Crippen LogP contribution in [0, 0.1) is 11.3 Å². The summed E-state index contributed by atoms with van der Waals surface area (Å²) in [7, 11) is 0. The summed E-state index contributed by atoms with van der Waals surface area (Å²) in [5.41, 5.74) is 2.99. The fourth-order valence-corrected chi connectivity index (χ4v) is 4.48. The second-order valence-corrected chi connectivity index (χ2v) is 9.52. The van der Waals surface area contributed by atoms with Crippen LogP contribution in [0.3, 0.4) is 0 Å². The van der Waals surface area contributed by atoms with E-state index in [0.29, 0.717) is 17.3 Å². The van der Waals surface area contributed by atoms with Crippen LogP contribution < -0.4 is 0 Å². The molecule has 4 atom stereocenters. The average Bonchev–Trinajstić information content (AvgIpc) is 2.98. The Balaban J connectivity index is 2.04. The fourth-order valence-electron chi connectivity index (χ4n) is 4.48. The number of hydrogen-bond donors (Lipinski definition) is 1.